The third-order valence-electron chi connectivity index (χ3n) is 5.53. The summed E-state index contributed by atoms with van der Waals surface area (Å²) in [5, 5.41) is 5.64. The zero-order valence-corrected chi connectivity index (χ0v) is 19.2. The molecule has 4 aromatic rings. The molecule has 0 fully saturated rings. The number of amides is 2. The van der Waals surface area contributed by atoms with Crippen molar-refractivity contribution in [2.24, 2.45) is 0 Å². The van der Waals surface area contributed by atoms with Gasteiger partial charge in [0.05, 0.1) is 5.52 Å². The van der Waals surface area contributed by atoms with Gasteiger partial charge >= 0.3 is 0 Å². The van der Waals surface area contributed by atoms with Gasteiger partial charge in [0.15, 0.2) is 12.3 Å². The molecular weight excluding hydrogens is 418 g/mol. The summed E-state index contributed by atoms with van der Waals surface area (Å²) in [5.41, 5.74) is 11.4. The Kier molecular flexibility index (Phi) is 6.26. The van der Waals surface area contributed by atoms with Crippen LogP contribution in [0.25, 0.3) is 16.6 Å². The topological polar surface area (TPSA) is 97.6 Å². The number of hydrogen-bond donors (Lipinski definition) is 2. The van der Waals surface area contributed by atoms with Gasteiger partial charge in [-0.05, 0) is 75.1 Å². The van der Waals surface area contributed by atoms with Gasteiger partial charge in [-0.3, -0.25) is 20.4 Å². The second-order valence-corrected chi connectivity index (χ2v) is 8.22. The summed E-state index contributed by atoms with van der Waals surface area (Å²) in [6.45, 7) is 7.66. The maximum Gasteiger partial charge on any atom is 0.276 e. The molecule has 8 heteroatoms. The van der Waals surface area contributed by atoms with Crippen molar-refractivity contribution in [3.63, 3.8) is 0 Å². The number of carbonyl (C=O) groups excluding carboxylic acids is 2. The molecular formula is C25H27N5O3. The zero-order valence-electron chi connectivity index (χ0n) is 19.2. The van der Waals surface area contributed by atoms with E-state index in [2.05, 4.69) is 16.0 Å². The highest BCUT2D eigenvalue weighted by atomic mass is 16.5. The lowest BCUT2D eigenvalue weighted by Crippen LogP contribution is -2.43. The molecule has 0 radical (unpaired) electrons. The second kappa shape index (κ2) is 9.28. The van der Waals surface area contributed by atoms with Gasteiger partial charge in [0, 0.05) is 23.2 Å². The van der Waals surface area contributed by atoms with E-state index in [1.54, 1.807) is 0 Å². The van der Waals surface area contributed by atoms with Crippen molar-refractivity contribution in [2.75, 3.05) is 6.61 Å². The Bertz CT molecular complexity index is 1340. The minimum Gasteiger partial charge on any atom is -0.484 e. The number of ether oxygens (including phenoxy) is 1. The van der Waals surface area contributed by atoms with E-state index in [9.17, 15) is 9.59 Å². The summed E-state index contributed by atoms with van der Waals surface area (Å²) in [4.78, 5) is 29.1. The van der Waals surface area contributed by atoms with Crippen LogP contribution in [0.1, 0.15) is 34.5 Å². The lowest BCUT2D eigenvalue weighted by Gasteiger charge is -2.12. The van der Waals surface area contributed by atoms with Crippen molar-refractivity contribution >= 4 is 28.4 Å². The molecule has 2 N–H and O–H groups in total. The molecule has 0 spiro atoms. The van der Waals surface area contributed by atoms with Crippen LogP contribution in [0.3, 0.4) is 0 Å². The summed E-state index contributed by atoms with van der Waals surface area (Å²) < 4.78 is 7.34. The lowest BCUT2D eigenvalue weighted by molar-refractivity contribution is -0.130. The molecule has 0 aliphatic heterocycles. The molecule has 0 saturated heterocycles. The molecule has 0 unspecified atom stereocenters. The molecule has 2 aromatic carbocycles. The SMILES string of the molecule is Cc1cc(C)cc(OCC(=O)NNC(=O)CCc2c(C)nc3c4ccccc4nn3c2C)c1. The molecule has 2 heterocycles. The first-order valence-electron chi connectivity index (χ1n) is 10.8. The number of nitrogens with one attached hydrogen (secondary N) is 2. The molecule has 0 saturated carbocycles. The van der Waals surface area contributed by atoms with Crippen LogP contribution in [0.5, 0.6) is 5.75 Å². The van der Waals surface area contributed by atoms with Gasteiger partial charge in [-0.2, -0.15) is 5.10 Å². The first kappa shape index (κ1) is 22.3. The number of hydrogen-bond acceptors (Lipinski definition) is 5. The zero-order chi connectivity index (χ0) is 23.5. The van der Waals surface area contributed by atoms with Crippen molar-refractivity contribution in [1.82, 2.24) is 25.4 Å². The van der Waals surface area contributed by atoms with Crippen molar-refractivity contribution in [2.45, 2.75) is 40.5 Å². The van der Waals surface area contributed by atoms with Gasteiger partial charge < -0.3 is 4.74 Å². The molecule has 170 valence electrons. The molecule has 2 amide bonds. The summed E-state index contributed by atoms with van der Waals surface area (Å²) in [5.74, 6) is -0.102. The molecule has 2 aromatic heterocycles. The standard InChI is InChI=1S/C25H27N5O3/c1-15-11-16(2)13-19(12-15)33-14-24(32)28-27-23(31)10-9-20-17(3)26-25-21-7-5-6-8-22(21)29-30(25)18(20)4/h5-8,11-13H,9-10,14H2,1-4H3,(H,27,31)(H,28,32). The monoisotopic (exact) mass is 445 g/mol. The maximum absolute atomic E-state index is 12.3. The highest BCUT2D eigenvalue weighted by Gasteiger charge is 2.15. The van der Waals surface area contributed by atoms with Crippen molar-refractivity contribution in [3.8, 4) is 5.75 Å². The van der Waals surface area contributed by atoms with Gasteiger partial charge in [-0.15, -0.1) is 0 Å². The highest BCUT2D eigenvalue weighted by molar-refractivity contribution is 5.92. The smallest absolute Gasteiger partial charge is 0.276 e. The number of nitrogens with zero attached hydrogens (tertiary/aromatic N) is 3. The minimum atomic E-state index is -0.429. The number of aromatic nitrogens is 3. The fraction of sp³-hybridized carbons (Fsp3) is 0.280. The highest BCUT2D eigenvalue weighted by Crippen LogP contribution is 2.23. The van der Waals surface area contributed by atoms with Gasteiger partial charge in [0.1, 0.15) is 5.75 Å². The van der Waals surface area contributed by atoms with Crippen LogP contribution in [0, 0.1) is 27.7 Å². The van der Waals surface area contributed by atoms with Gasteiger partial charge in [-0.25, -0.2) is 9.50 Å². The first-order valence-corrected chi connectivity index (χ1v) is 10.8. The number of benzene rings is 2. The average Bonchev–Trinajstić information content (AvgIpc) is 3.14. The lowest BCUT2D eigenvalue weighted by atomic mass is 10.1. The van der Waals surface area contributed by atoms with E-state index in [1.165, 1.54) is 0 Å². The van der Waals surface area contributed by atoms with Crippen molar-refractivity contribution < 1.29 is 14.3 Å². The molecule has 0 aliphatic carbocycles. The van der Waals surface area contributed by atoms with Crippen LogP contribution < -0.4 is 15.6 Å². The number of rotatable bonds is 6. The second-order valence-electron chi connectivity index (χ2n) is 8.22. The van der Waals surface area contributed by atoms with Crippen LogP contribution in [0.15, 0.2) is 42.5 Å². The third-order valence-corrected chi connectivity index (χ3v) is 5.53. The van der Waals surface area contributed by atoms with E-state index in [4.69, 9.17) is 9.72 Å². The van der Waals surface area contributed by atoms with E-state index in [0.717, 1.165) is 44.6 Å². The van der Waals surface area contributed by atoms with Gasteiger partial charge in [-0.1, -0.05) is 18.2 Å². The largest absolute Gasteiger partial charge is 0.484 e. The number of aryl methyl sites for hydroxylation is 4. The summed E-state index contributed by atoms with van der Waals surface area (Å²) in [6, 6.07) is 13.6. The van der Waals surface area contributed by atoms with E-state index in [1.807, 2.05) is 74.7 Å². The molecule has 4 rings (SSSR count). The van der Waals surface area contributed by atoms with Crippen molar-refractivity contribution in [3.05, 3.63) is 70.5 Å². The fourth-order valence-corrected chi connectivity index (χ4v) is 3.98. The quantitative estimate of drug-likeness (QED) is 0.444. The molecule has 0 bridgehead atoms. The van der Waals surface area contributed by atoms with Crippen LogP contribution in [-0.4, -0.2) is 33.0 Å². The average molecular weight is 446 g/mol. The van der Waals surface area contributed by atoms with Crippen LogP contribution in [0.4, 0.5) is 0 Å². The minimum absolute atomic E-state index is 0.186. The Morgan fingerprint density at radius 1 is 0.970 bits per heavy atom. The molecule has 0 aliphatic rings. The van der Waals surface area contributed by atoms with Gasteiger partial charge in [0.25, 0.3) is 5.91 Å². The number of fused-ring (bicyclic) bond motifs is 3. The van der Waals surface area contributed by atoms with Crippen LogP contribution in [0.2, 0.25) is 0 Å². The Balaban J connectivity index is 1.33. The van der Waals surface area contributed by atoms with Gasteiger partial charge in [0.2, 0.25) is 5.91 Å². The maximum atomic E-state index is 12.3. The van der Waals surface area contributed by atoms with Crippen LogP contribution >= 0.6 is 0 Å². The Labute approximate surface area is 191 Å². The van der Waals surface area contributed by atoms with Crippen LogP contribution in [-0.2, 0) is 16.0 Å². The first-order chi connectivity index (χ1) is 15.8. The predicted octanol–water partition coefficient (Wildman–Crippen LogP) is 3.28. The molecule has 8 nitrogen and oxygen atoms in total. The molecule has 0 atom stereocenters. The Morgan fingerprint density at radius 2 is 1.67 bits per heavy atom. The van der Waals surface area contributed by atoms with E-state index in [0.29, 0.717) is 12.2 Å². The van der Waals surface area contributed by atoms with E-state index >= 15 is 0 Å². The van der Waals surface area contributed by atoms with E-state index in [-0.39, 0.29) is 18.9 Å². The van der Waals surface area contributed by atoms with E-state index < -0.39 is 5.91 Å². The predicted molar refractivity (Wildman–Crippen MR) is 126 cm³/mol. The molecule has 33 heavy (non-hydrogen) atoms. The Hall–Kier alpha value is -3.94. The summed E-state index contributed by atoms with van der Waals surface area (Å²) in [7, 11) is 0. The summed E-state index contributed by atoms with van der Waals surface area (Å²) >= 11 is 0. The fourth-order valence-electron chi connectivity index (χ4n) is 3.98. The summed E-state index contributed by atoms with van der Waals surface area (Å²) in [6.07, 6.45) is 0.686. The third kappa shape index (κ3) is 4.95. The normalized spacial score (nSPS) is 11.0. The Morgan fingerprint density at radius 3 is 2.42 bits per heavy atom. The number of hydrazine groups is 1. The number of carbonyl (C=O) groups is 2. The van der Waals surface area contributed by atoms with Crippen molar-refractivity contribution in [1.29, 1.82) is 0 Å².